The minimum atomic E-state index is -1.17. The fraction of sp³-hybridized carbons (Fsp3) is 0.0385. The van der Waals surface area contributed by atoms with Gasteiger partial charge < -0.3 is 9.84 Å². The Labute approximate surface area is 174 Å². The molecule has 0 fully saturated rings. The van der Waals surface area contributed by atoms with Crippen molar-refractivity contribution in [1.29, 1.82) is 0 Å². The molecule has 4 aromatic carbocycles. The highest BCUT2D eigenvalue weighted by Crippen LogP contribution is 2.38. The van der Waals surface area contributed by atoms with E-state index in [4.69, 9.17) is 4.74 Å². The monoisotopic (exact) mass is 398 g/mol. The van der Waals surface area contributed by atoms with Gasteiger partial charge in [0, 0.05) is 5.56 Å². The summed E-state index contributed by atoms with van der Waals surface area (Å²) in [5.41, 5.74) is 3.78. The third kappa shape index (κ3) is 4.08. The van der Waals surface area contributed by atoms with Crippen LogP contribution in [0.3, 0.4) is 0 Å². The van der Waals surface area contributed by atoms with E-state index in [1.54, 1.807) is 0 Å². The summed E-state index contributed by atoms with van der Waals surface area (Å²) in [5.74, 6) is -1.07. The zero-order chi connectivity index (χ0) is 20.9. The first-order chi connectivity index (χ1) is 14.6. The first-order valence-corrected chi connectivity index (χ1v) is 9.52. The van der Waals surface area contributed by atoms with Gasteiger partial charge in [-0.05, 0) is 40.5 Å². The van der Waals surface area contributed by atoms with E-state index in [9.17, 15) is 14.3 Å². The van der Waals surface area contributed by atoms with E-state index < -0.39 is 11.8 Å². The van der Waals surface area contributed by atoms with Gasteiger partial charge in [0.05, 0.1) is 5.56 Å². The molecule has 0 unspecified atom stereocenters. The fourth-order valence-electron chi connectivity index (χ4n) is 3.43. The first kappa shape index (κ1) is 19.4. The number of rotatable bonds is 6. The summed E-state index contributed by atoms with van der Waals surface area (Å²) in [6.45, 7) is 0.414. The Morgan fingerprint density at radius 1 is 0.733 bits per heavy atom. The minimum absolute atomic E-state index is 0.0786. The molecule has 0 atom stereocenters. The molecular formula is C26H19FO3. The van der Waals surface area contributed by atoms with Crippen LogP contribution in [0.4, 0.5) is 4.39 Å². The van der Waals surface area contributed by atoms with E-state index in [-0.39, 0.29) is 5.56 Å². The van der Waals surface area contributed by atoms with Crippen molar-refractivity contribution in [2.45, 2.75) is 6.61 Å². The van der Waals surface area contributed by atoms with Crippen molar-refractivity contribution in [2.24, 2.45) is 0 Å². The molecule has 0 aromatic heterocycles. The lowest BCUT2D eigenvalue weighted by atomic mass is 9.91. The lowest BCUT2D eigenvalue weighted by molar-refractivity contribution is 0.0697. The molecule has 0 aliphatic heterocycles. The van der Waals surface area contributed by atoms with Gasteiger partial charge in [-0.15, -0.1) is 0 Å². The SMILES string of the molecule is O=C(O)c1cc(F)ccc1-c1ccccc1-c1ccccc1OCc1ccccc1. The van der Waals surface area contributed by atoms with Gasteiger partial charge in [-0.1, -0.05) is 78.9 Å². The molecule has 3 nitrogen and oxygen atoms in total. The van der Waals surface area contributed by atoms with Crippen LogP contribution in [-0.4, -0.2) is 11.1 Å². The summed E-state index contributed by atoms with van der Waals surface area (Å²) in [6, 6.07) is 28.8. The topological polar surface area (TPSA) is 46.5 Å². The van der Waals surface area contributed by atoms with Crippen LogP contribution < -0.4 is 4.74 Å². The molecule has 0 spiro atoms. The van der Waals surface area contributed by atoms with Gasteiger partial charge in [0.2, 0.25) is 0 Å². The Kier molecular flexibility index (Phi) is 5.57. The lowest BCUT2D eigenvalue weighted by Crippen LogP contribution is -2.02. The fourth-order valence-corrected chi connectivity index (χ4v) is 3.43. The van der Waals surface area contributed by atoms with Crippen LogP contribution in [0.2, 0.25) is 0 Å². The van der Waals surface area contributed by atoms with Gasteiger partial charge in [0.15, 0.2) is 0 Å². The molecule has 4 heteroatoms. The number of benzene rings is 4. The molecule has 4 rings (SSSR count). The molecular weight excluding hydrogens is 379 g/mol. The molecule has 4 aromatic rings. The van der Waals surface area contributed by atoms with Crippen molar-refractivity contribution in [1.82, 2.24) is 0 Å². The zero-order valence-electron chi connectivity index (χ0n) is 16.1. The Balaban J connectivity index is 1.78. The highest BCUT2D eigenvalue weighted by molar-refractivity contribution is 5.99. The standard InChI is InChI=1S/C26H19FO3/c27-19-14-15-22(24(16-19)26(28)29)20-10-4-5-11-21(20)23-12-6-7-13-25(23)30-17-18-8-2-1-3-9-18/h1-16H,17H2,(H,28,29). The molecule has 0 aliphatic carbocycles. The third-order valence-corrected chi connectivity index (χ3v) is 4.84. The molecule has 0 bridgehead atoms. The van der Waals surface area contributed by atoms with Gasteiger partial charge in [-0.25, -0.2) is 9.18 Å². The summed E-state index contributed by atoms with van der Waals surface area (Å²) < 4.78 is 19.8. The Hall–Kier alpha value is -3.92. The van der Waals surface area contributed by atoms with Crippen molar-refractivity contribution >= 4 is 5.97 Å². The first-order valence-electron chi connectivity index (χ1n) is 9.52. The van der Waals surface area contributed by atoms with Gasteiger partial charge in [-0.3, -0.25) is 0 Å². The van der Waals surface area contributed by atoms with Crippen LogP contribution >= 0.6 is 0 Å². The predicted octanol–water partition coefficient (Wildman–Crippen LogP) is 6.44. The van der Waals surface area contributed by atoms with Crippen LogP contribution in [-0.2, 0) is 6.61 Å². The molecule has 148 valence electrons. The van der Waals surface area contributed by atoms with Crippen molar-refractivity contribution < 1.29 is 19.0 Å². The number of carboxylic acid groups (broad SMARTS) is 1. The number of para-hydroxylation sites is 1. The highest BCUT2D eigenvalue weighted by atomic mass is 19.1. The maximum Gasteiger partial charge on any atom is 0.336 e. The van der Waals surface area contributed by atoms with Gasteiger partial charge in [-0.2, -0.15) is 0 Å². The molecule has 0 saturated heterocycles. The largest absolute Gasteiger partial charge is 0.488 e. The zero-order valence-corrected chi connectivity index (χ0v) is 16.1. The molecule has 0 saturated carbocycles. The average Bonchev–Trinajstić information content (AvgIpc) is 2.78. The molecule has 0 heterocycles. The smallest absolute Gasteiger partial charge is 0.336 e. The van der Waals surface area contributed by atoms with E-state index in [0.29, 0.717) is 23.5 Å². The number of hydrogen-bond donors (Lipinski definition) is 1. The number of ether oxygens (including phenoxy) is 1. The summed E-state index contributed by atoms with van der Waals surface area (Å²) in [5, 5.41) is 9.59. The summed E-state index contributed by atoms with van der Waals surface area (Å²) in [7, 11) is 0. The Morgan fingerprint density at radius 2 is 1.33 bits per heavy atom. The van der Waals surface area contributed by atoms with Gasteiger partial charge in [0.25, 0.3) is 0 Å². The summed E-state index contributed by atoms with van der Waals surface area (Å²) in [4.78, 5) is 11.7. The second kappa shape index (κ2) is 8.62. The number of hydrogen-bond acceptors (Lipinski definition) is 2. The maximum atomic E-state index is 13.7. The van der Waals surface area contributed by atoms with Gasteiger partial charge >= 0.3 is 5.97 Å². The van der Waals surface area contributed by atoms with Crippen LogP contribution in [0.1, 0.15) is 15.9 Å². The lowest BCUT2D eigenvalue weighted by Gasteiger charge is -2.16. The molecule has 30 heavy (non-hydrogen) atoms. The van der Waals surface area contributed by atoms with Crippen LogP contribution in [0.25, 0.3) is 22.3 Å². The third-order valence-electron chi connectivity index (χ3n) is 4.84. The van der Waals surface area contributed by atoms with Crippen molar-refractivity contribution in [2.75, 3.05) is 0 Å². The van der Waals surface area contributed by atoms with Crippen LogP contribution in [0.5, 0.6) is 5.75 Å². The average molecular weight is 398 g/mol. The predicted molar refractivity (Wildman–Crippen MR) is 115 cm³/mol. The second-order valence-corrected chi connectivity index (χ2v) is 6.81. The maximum absolute atomic E-state index is 13.7. The normalized spacial score (nSPS) is 10.6. The minimum Gasteiger partial charge on any atom is -0.488 e. The van der Waals surface area contributed by atoms with Crippen molar-refractivity contribution in [3.05, 3.63) is 114 Å². The van der Waals surface area contributed by atoms with Crippen molar-refractivity contribution in [3.63, 3.8) is 0 Å². The molecule has 0 amide bonds. The second-order valence-electron chi connectivity index (χ2n) is 6.81. The number of carboxylic acids is 1. The Morgan fingerprint density at radius 3 is 2.03 bits per heavy atom. The van der Waals surface area contributed by atoms with E-state index in [1.807, 2.05) is 78.9 Å². The van der Waals surface area contributed by atoms with E-state index >= 15 is 0 Å². The number of halogens is 1. The molecule has 0 aliphatic rings. The van der Waals surface area contributed by atoms with E-state index in [0.717, 1.165) is 22.8 Å². The molecule has 0 radical (unpaired) electrons. The van der Waals surface area contributed by atoms with Gasteiger partial charge in [0.1, 0.15) is 18.2 Å². The number of aromatic carboxylic acids is 1. The van der Waals surface area contributed by atoms with Crippen LogP contribution in [0.15, 0.2) is 97.1 Å². The Bertz CT molecular complexity index is 1190. The summed E-state index contributed by atoms with van der Waals surface area (Å²) >= 11 is 0. The quantitative estimate of drug-likeness (QED) is 0.407. The summed E-state index contributed by atoms with van der Waals surface area (Å²) in [6.07, 6.45) is 0. The van der Waals surface area contributed by atoms with E-state index in [2.05, 4.69) is 0 Å². The molecule has 1 N–H and O–H groups in total. The number of carbonyl (C=O) groups is 1. The van der Waals surface area contributed by atoms with Crippen LogP contribution in [0, 0.1) is 5.82 Å². The van der Waals surface area contributed by atoms with E-state index in [1.165, 1.54) is 12.1 Å². The highest BCUT2D eigenvalue weighted by Gasteiger charge is 2.17. The van der Waals surface area contributed by atoms with Crippen molar-refractivity contribution in [3.8, 4) is 28.0 Å².